The van der Waals surface area contributed by atoms with Crippen LogP contribution in [0.4, 0.5) is 0 Å². The van der Waals surface area contributed by atoms with E-state index >= 15 is 0 Å². The predicted octanol–water partition coefficient (Wildman–Crippen LogP) is 0.591. The summed E-state index contributed by atoms with van der Waals surface area (Å²) in [4.78, 5) is 13.8. The maximum Gasteiger partial charge on any atom is 0.229 e. The van der Waals surface area contributed by atoms with Gasteiger partial charge in [-0.2, -0.15) is 0 Å². The van der Waals surface area contributed by atoms with E-state index in [1.165, 1.54) is 0 Å². The fraction of sp³-hybridized carbons (Fsp3) is 0.917. The van der Waals surface area contributed by atoms with Crippen molar-refractivity contribution in [1.29, 1.82) is 0 Å². The first-order valence-corrected chi connectivity index (χ1v) is 5.88. The first kappa shape index (κ1) is 13.5. The SMILES string of the molecule is CC1CC(CN)(C(=O)N(C)CC(C)(C)O)C1. The molecule has 0 heterocycles. The lowest BCUT2D eigenvalue weighted by molar-refractivity contribution is -0.150. The van der Waals surface area contributed by atoms with E-state index in [1.807, 2.05) is 0 Å². The van der Waals surface area contributed by atoms with Crippen molar-refractivity contribution in [3.8, 4) is 0 Å². The summed E-state index contributed by atoms with van der Waals surface area (Å²) in [6.45, 7) is 6.30. The number of hydrogen-bond donors (Lipinski definition) is 2. The molecule has 0 atom stereocenters. The summed E-state index contributed by atoms with van der Waals surface area (Å²) in [5.74, 6) is 0.665. The van der Waals surface area contributed by atoms with Crippen LogP contribution in [0.25, 0.3) is 0 Å². The lowest BCUT2D eigenvalue weighted by Gasteiger charge is -2.46. The van der Waals surface area contributed by atoms with Gasteiger partial charge in [0.25, 0.3) is 0 Å². The molecule has 4 heteroatoms. The molecular weight excluding hydrogens is 204 g/mol. The number of carbonyl (C=O) groups is 1. The summed E-state index contributed by atoms with van der Waals surface area (Å²) < 4.78 is 0. The largest absolute Gasteiger partial charge is 0.389 e. The standard InChI is InChI=1S/C12H24N2O2/c1-9-5-12(6-9,7-13)10(15)14(4)8-11(2,3)16/h9,16H,5-8,13H2,1-4H3. The molecule has 0 spiro atoms. The van der Waals surface area contributed by atoms with Crippen LogP contribution in [0.1, 0.15) is 33.6 Å². The Morgan fingerprint density at radius 3 is 2.38 bits per heavy atom. The second-order valence-electron chi connectivity index (χ2n) is 5.97. The number of likely N-dealkylation sites (N-methyl/N-ethyl adjacent to an activating group) is 1. The van der Waals surface area contributed by atoms with Gasteiger partial charge in [0.1, 0.15) is 0 Å². The van der Waals surface area contributed by atoms with Gasteiger partial charge >= 0.3 is 0 Å². The van der Waals surface area contributed by atoms with Crippen LogP contribution < -0.4 is 5.73 Å². The fourth-order valence-corrected chi connectivity index (χ4v) is 2.76. The number of amides is 1. The third-order valence-corrected chi connectivity index (χ3v) is 3.29. The van der Waals surface area contributed by atoms with Gasteiger partial charge in [-0.1, -0.05) is 6.92 Å². The molecule has 0 aliphatic heterocycles. The fourth-order valence-electron chi connectivity index (χ4n) is 2.76. The summed E-state index contributed by atoms with van der Waals surface area (Å²) in [5, 5.41) is 9.69. The highest BCUT2D eigenvalue weighted by molar-refractivity contribution is 5.84. The van der Waals surface area contributed by atoms with Crippen molar-refractivity contribution in [2.24, 2.45) is 17.1 Å². The highest BCUT2D eigenvalue weighted by Crippen LogP contribution is 2.45. The number of carbonyl (C=O) groups excluding carboxylic acids is 1. The molecule has 0 bridgehead atoms. The molecule has 0 radical (unpaired) electrons. The molecule has 0 aromatic heterocycles. The summed E-state index contributed by atoms with van der Waals surface area (Å²) >= 11 is 0. The average Bonchev–Trinajstić information content (AvgIpc) is 2.08. The van der Waals surface area contributed by atoms with Crippen molar-refractivity contribution in [3.05, 3.63) is 0 Å². The third kappa shape index (κ3) is 2.74. The minimum atomic E-state index is -0.852. The molecule has 1 fully saturated rings. The highest BCUT2D eigenvalue weighted by Gasteiger charge is 2.48. The summed E-state index contributed by atoms with van der Waals surface area (Å²) in [5.41, 5.74) is 4.51. The lowest BCUT2D eigenvalue weighted by atomic mass is 9.62. The maximum absolute atomic E-state index is 12.2. The summed E-state index contributed by atoms with van der Waals surface area (Å²) in [6, 6.07) is 0. The Hall–Kier alpha value is -0.610. The molecule has 1 aliphatic rings. The van der Waals surface area contributed by atoms with E-state index in [9.17, 15) is 9.90 Å². The van der Waals surface area contributed by atoms with Gasteiger partial charge in [-0.05, 0) is 32.6 Å². The first-order valence-electron chi connectivity index (χ1n) is 5.88. The topological polar surface area (TPSA) is 66.6 Å². The van der Waals surface area contributed by atoms with E-state index in [4.69, 9.17) is 5.73 Å². The molecule has 4 nitrogen and oxygen atoms in total. The van der Waals surface area contributed by atoms with Crippen LogP contribution in [0.15, 0.2) is 0 Å². The molecule has 3 N–H and O–H groups in total. The molecule has 0 aromatic rings. The van der Waals surface area contributed by atoms with Crippen LogP contribution >= 0.6 is 0 Å². The molecule has 1 aliphatic carbocycles. The zero-order valence-corrected chi connectivity index (χ0v) is 10.8. The van der Waals surface area contributed by atoms with Crippen LogP contribution in [0, 0.1) is 11.3 Å². The number of aliphatic hydroxyl groups is 1. The summed E-state index contributed by atoms with van der Waals surface area (Å²) in [6.07, 6.45) is 1.75. The second-order valence-corrected chi connectivity index (χ2v) is 5.97. The molecule has 16 heavy (non-hydrogen) atoms. The van der Waals surface area contributed by atoms with E-state index in [1.54, 1.807) is 25.8 Å². The number of rotatable bonds is 4. The zero-order valence-electron chi connectivity index (χ0n) is 10.8. The van der Waals surface area contributed by atoms with Crippen LogP contribution in [0.2, 0.25) is 0 Å². The Morgan fingerprint density at radius 1 is 1.56 bits per heavy atom. The Labute approximate surface area is 97.8 Å². The highest BCUT2D eigenvalue weighted by atomic mass is 16.3. The van der Waals surface area contributed by atoms with Crippen molar-refractivity contribution < 1.29 is 9.90 Å². The monoisotopic (exact) mass is 228 g/mol. The molecule has 0 saturated heterocycles. The number of hydrogen-bond acceptors (Lipinski definition) is 3. The van der Waals surface area contributed by atoms with Crippen LogP contribution in [-0.2, 0) is 4.79 Å². The van der Waals surface area contributed by atoms with Gasteiger partial charge in [0.05, 0.1) is 11.0 Å². The van der Waals surface area contributed by atoms with E-state index in [2.05, 4.69) is 6.92 Å². The molecule has 1 amide bonds. The van der Waals surface area contributed by atoms with E-state index < -0.39 is 5.60 Å². The molecule has 1 rings (SSSR count). The van der Waals surface area contributed by atoms with Gasteiger partial charge in [-0.3, -0.25) is 4.79 Å². The molecular formula is C12H24N2O2. The number of nitrogens with zero attached hydrogens (tertiary/aromatic N) is 1. The van der Waals surface area contributed by atoms with Gasteiger partial charge < -0.3 is 15.7 Å². The Bertz CT molecular complexity index is 265. The van der Waals surface area contributed by atoms with Crippen molar-refractivity contribution in [3.63, 3.8) is 0 Å². The Morgan fingerprint density at radius 2 is 2.06 bits per heavy atom. The second kappa shape index (κ2) is 4.34. The molecule has 0 unspecified atom stereocenters. The average molecular weight is 228 g/mol. The Balaban J connectivity index is 2.63. The Kier molecular flexibility index (Phi) is 3.65. The molecule has 1 saturated carbocycles. The van der Waals surface area contributed by atoms with Crippen molar-refractivity contribution in [2.45, 2.75) is 39.2 Å². The summed E-state index contributed by atoms with van der Waals surface area (Å²) in [7, 11) is 1.74. The normalized spacial score (nSPS) is 29.8. The van der Waals surface area contributed by atoms with Gasteiger partial charge in [0, 0.05) is 20.1 Å². The third-order valence-electron chi connectivity index (χ3n) is 3.29. The van der Waals surface area contributed by atoms with Gasteiger partial charge in [-0.25, -0.2) is 0 Å². The predicted molar refractivity (Wildman–Crippen MR) is 63.8 cm³/mol. The first-order chi connectivity index (χ1) is 7.20. The lowest BCUT2D eigenvalue weighted by Crippen LogP contribution is -2.55. The van der Waals surface area contributed by atoms with Crippen LogP contribution in [0.3, 0.4) is 0 Å². The van der Waals surface area contributed by atoms with Gasteiger partial charge in [-0.15, -0.1) is 0 Å². The van der Waals surface area contributed by atoms with Gasteiger partial charge in [0.15, 0.2) is 0 Å². The minimum Gasteiger partial charge on any atom is -0.389 e. The van der Waals surface area contributed by atoms with E-state index in [0.29, 0.717) is 19.0 Å². The smallest absolute Gasteiger partial charge is 0.229 e. The van der Waals surface area contributed by atoms with Crippen molar-refractivity contribution in [2.75, 3.05) is 20.1 Å². The van der Waals surface area contributed by atoms with Crippen molar-refractivity contribution in [1.82, 2.24) is 4.90 Å². The molecule has 94 valence electrons. The quantitative estimate of drug-likeness (QED) is 0.740. The zero-order chi connectivity index (χ0) is 12.6. The van der Waals surface area contributed by atoms with Crippen LogP contribution in [0.5, 0.6) is 0 Å². The van der Waals surface area contributed by atoms with Crippen LogP contribution in [-0.4, -0.2) is 41.7 Å². The maximum atomic E-state index is 12.2. The molecule has 0 aromatic carbocycles. The van der Waals surface area contributed by atoms with Crippen molar-refractivity contribution >= 4 is 5.91 Å². The van der Waals surface area contributed by atoms with E-state index in [-0.39, 0.29) is 11.3 Å². The van der Waals surface area contributed by atoms with Gasteiger partial charge in [0.2, 0.25) is 5.91 Å². The minimum absolute atomic E-state index is 0.0789. The van der Waals surface area contributed by atoms with E-state index in [0.717, 1.165) is 12.8 Å². The number of nitrogens with two attached hydrogens (primary N) is 1.